The maximum atomic E-state index is 9.59. The number of nitrogens with zero attached hydrogens (tertiary/aromatic N) is 1. The summed E-state index contributed by atoms with van der Waals surface area (Å²) in [6.45, 7) is 8.31. The van der Waals surface area contributed by atoms with Gasteiger partial charge >= 0.3 is 0 Å². The number of anilines is 1. The standard InChI is InChI=1S/C14H21ClN2O/c1-10-6-11(15)4-5-13(10)17-12(8-18)7-16-9-14(17,2)3/h4-6,12,16,18H,7-9H2,1-3H3. The Morgan fingerprint density at radius 3 is 2.83 bits per heavy atom. The molecular formula is C14H21ClN2O. The normalized spacial score (nSPS) is 23.2. The fourth-order valence-electron chi connectivity index (χ4n) is 2.77. The number of halogens is 1. The summed E-state index contributed by atoms with van der Waals surface area (Å²) < 4.78 is 0. The van der Waals surface area contributed by atoms with Crippen LogP contribution < -0.4 is 10.2 Å². The van der Waals surface area contributed by atoms with Crippen LogP contribution in [0.25, 0.3) is 0 Å². The Labute approximate surface area is 114 Å². The van der Waals surface area contributed by atoms with Crippen LogP contribution in [0.3, 0.4) is 0 Å². The number of piperazine rings is 1. The van der Waals surface area contributed by atoms with Crippen molar-refractivity contribution < 1.29 is 5.11 Å². The van der Waals surface area contributed by atoms with Crippen molar-refractivity contribution in [2.24, 2.45) is 0 Å². The molecule has 0 radical (unpaired) electrons. The maximum absolute atomic E-state index is 9.59. The molecule has 0 aliphatic carbocycles. The molecule has 0 bridgehead atoms. The third-order valence-electron chi connectivity index (χ3n) is 3.58. The van der Waals surface area contributed by atoms with Crippen molar-refractivity contribution in [3.8, 4) is 0 Å². The third kappa shape index (κ3) is 2.48. The molecule has 0 amide bonds. The number of rotatable bonds is 2. The SMILES string of the molecule is Cc1cc(Cl)ccc1N1C(CO)CNCC1(C)C. The third-order valence-corrected chi connectivity index (χ3v) is 3.82. The highest BCUT2D eigenvalue weighted by atomic mass is 35.5. The quantitative estimate of drug-likeness (QED) is 0.863. The van der Waals surface area contributed by atoms with Gasteiger partial charge in [0.1, 0.15) is 0 Å². The molecule has 1 saturated heterocycles. The second kappa shape index (κ2) is 5.08. The van der Waals surface area contributed by atoms with E-state index in [-0.39, 0.29) is 18.2 Å². The van der Waals surface area contributed by atoms with Crippen molar-refractivity contribution in [3.05, 3.63) is 28.8 Å². The number of aliphatic hydroxyl groups is 1. The number of nitrogens with one attached hydrogen (secondary N) is 1. The topological polar surface area (TPSA) is 35.5 Å². The molecule has 1 heterocycles. The van der Waals surface area contributed by atoms with Gasteiger partial charge in [-0.1, -0.05) is 11.6 Å². The van der Waals surface area contributed by atoms with Gasteiger partial charge in [0.15, 0.2) is 0 Å². The Bertz CT molecular complexity index is 434. The van der Waals surface area contributed by atoms with Gasteiger partial charge in [0, 0.05) is 29.3 Å². The van der Waals surface area contributed by atoms with Gasteiger partial charge in [0.2, 0.25) is 0 Å². The zero-order valence-corrected chi connectivity index (χ0v) is 12.0. The van der Waals surface area contributed by atoms with Gasteiger partial charge in [-0.3, -0.25) is 0 Å². The predicted octanol–water partition coefficient (Wildman–Crippen LogP) is 2.20. The number of aliphatic hydroxyl groups excluding tert-OH is 1. The Balaban J connectivity index is 2.43. The van der Waals surface area contributed by atoms with Gasteiger partial charge in [-0.2, -0.15) is 0 Å². The molecule has 0 saturated carbocycles. The van der Waals surface area contributed by atoms with Crippen LogP contribution in [0.15, 0.2) is 18.2 Å². The van der Waals surface area contributed by atoms with E-state index < -0.39 is 0 Å². The minimum atomic E-state index is -0.0236. The molecule has 2 N–H and O–H groups in total. The van der Waals surface area contributed by atoms with Crippen LogP contribution in [-0.2, 0) is 0 Å². The van der Waals surface area contributed by atoms with E-state index in [1.54, 1.807) is 0 Å². The summed E-state index contributed by atoms with van der Waals surface area (Å²) in [5.41, 5.74) is 2.28. The molecule has 100 valence electrons. The van der Waals surface area contributed by atoms with E-state index in [1.807, 2.05) is 18.2 Å². The Morgan fingerprint density at radius 1 is 1.50 bits per heavy atom. The molecule has 18 heavy (non-hydrogen) atoms. The van der Waals surface area contributed by atoms with Crippen molar-refractivity contribution in [2.75, 3.05) is 24.6 Å². The molecule has 3 nitrogen and oxygen atoms in total. The Morgan fingerprint density at radius 2 is 2.22 bits per heavy atom. The highest BCUT2D eigenvalue weighted by Gasteiger charge is 2.36. The molecular weight excluding hydrogens is 248 g/mol. The average molecular weight is 269 g/mol. The van der Waals surface area contributed by atoms with E-state index in [1.165, 1.54) is 0 Å². The smallest absolute Gasteiger partial charge is 0.0651 e. The molecule has 2 rings (SSSR count). The van der Waals surface area contributed by atoms with Gasteiger partial charge in [-0.25, -0.2) is 0 Å². The summed E-state index contributed by atoms with van der Waals surface area (Å²) in [4.78, 5) is 2.31. The van der Waals surface area contributed by atoms with Crippen molar-refractivity contribution >= 4 is 17.3 Å². The molecule has 1 unspecified atom stereocenters. The lowest BCUT2D eigenvalue weighted by atomic mass is 9.94. The molecule has 1 aliphatic heterocycles. The summed E-state index contributed by atoms with van der Waals surface area (Å²) >= 11 is 6.02. The van der Waals surface area contributed by atoms with Crippen molar-refractivity contribution in [3.63, 3.8) is 0 Å². The predicted molar refractivity (Wildman–Crippen MR) is 76.5 cm³/mol. The number of aryl methyl sites for hydroxylation is 1. The van der Waals surface area contributed by atoms with Crippen LogP contribution in [-0.4, -0.2) is 36.4 Å². The molecule has 1 aromatic rings. The molecule has 4 heteroatoms. The van der Waals surface area contributed by atoms with Crippen molar-refractivity contribution in [2.45, 2.75) is 32.4 Å². The summed E-state index contributed by atoms with van der Waals surface area (Å²) in [5, 5.41) is 13.7. The maximum Gasteiger partial charge on any atom is 0.0651 e. The summed E-state index contributed by atoms with van der Waals surface area (Å²) in [7, 11) is 0. The fraction of sp³-hybridized carbons (Fsp3) is 0.571. The minimum Gasteiger partial charge on any atom is -0.394 e. The molecule has 1 aromatic carbocycles. The highest BCUT2D eigenvalue weighted by molar-refractivity contribution is 6.30. The van der Waals surface area contributed by atoms with E-state index in [9.17, 15) is 5.11 Å². The fourth-order valence-corrected chi connectivity index (χ4v) is 3.00. The largest absolute Gasteiger partial charge is 0.394 e. The number of hydrogen-bond donors (Lipinski definition) is 2. The van der Waals surface area contributed by atoms with Crippen LogP contribution in [0.1, 0.15) is 19.4 Å². The Hall–Kier alpha value is -0.770. The monoisotopic (exact) mass is 268 g/mol. The second-order valence-electron chi connectivity index (χ2n) is 5.58. The lowest BCUT2D eigenvalue weighted by Crippen LogP contribution is -2.64. The molecule has 1 atom stereocenters. The first-order valence-corrected chi connectivity index (χ1v) is 6.70. The second-order valence-corrected chi connectivity index (χ2v) is 6.02. The summed E-state index contributed by atoms with van der Waals surface area (Å²) in [6.07, 6.45) is 0. The molecule has 1 fully saturated rings. The highest BCUT2D eigenvalue weighted by Crippen LogP contribution is 2.32. The Kier molecular flexibility index (Phi) is 3.85. The van der Waals surface area contributed by atoms with Crippen molar-refractivity contribution in [1.29, 1.82) is 0 Å². The minimum absolute atomic E-state index is 0.0236. The van der Waals surface area contributed by atoms with Crippen LogP contribution in [0, 0.1) is 6.92 Å². The summed E-state index contributed by atoms with van der Waals surface area (Å²) in [6, 6.07) is 6.04. The van der Waals surface area contributed by atoms with Crippen molar-refractivity contribution in [1.82, 2.24) is 5.32 Å². The number of hydrogen-bond acceptors (Lipinski definition) is 3. The lowest BCUT2D eigenvalue weighted by Gasteiger charge is -2.49. The molecule has 0 spiro atoms. The zero-order chi connectivity index (χ0) is 13.3. The van der Waals surface area contributed by atoms with E-state index in [4.69, 9.17) is 11.6 Å². The van der Waals surface area contributed by atoms with Crippen LogP contribution in [0.2, 0.25) is 5.02 Å². The van der Waals surface area contributed by atoms with E-state index in [0.717, 1.165) is 29.4 Å². The van der Waals surface area contributed by atoms with Crippen LogP contribution in [0.5, 0.6) is 0 Å². The van der Waals surface area contributed by atoms with Gasteiger partial charge in [-0.05, 0) is 44.5 Å². The first-order chi connectivity index (χ1) is 8.45. The van der Waals surface area contributed by atoms with Gasteiger partial charge < -0.3 is 15.3 Å². The number of benzene rings is 1. The first kappa shape index (κ1) is 13.7. The first-order valence-electron chi connectivity index (χ1n) is 6.33. The molecule has 0 aromatic heterocycles. The van der Waals surface area contributed by atoms with Gasteiger partial charge in [-0.15, -0.1) is 0 Å². The van der Waals surface area contributed by atoms with E-state index in [2.05, 4.69) is 31.0 Å². The molecule has 1 aliphatic rings. The van der Waals surface area contributed by atoms with Gasteiger partial charge in [0.25, 0.3) is 0 Å². The average Bonchev–Trinajstić information content (AvgIpc) is 2.29. The van der Waals surface area contributed by atoms with E-state index in [0.29, 0.717) is 0 Å². The van der Waals surface area contributed by atoms with Crippen LogP contribution in [0.4, 0.5) is 5.69 Å². The zero-order valence-electron chi connectivity index (χ0n) is 11.2. The lowest BCUT2D eigenvalue weighted by molar-refractivity contribution is 0.212. The van der Waals surface area contributed by atoms with E-state index >= 15 is 0 Å². The van der Waals surface area contributed by atoms with Gasteiger partial charge in [0.05, 0.1) is 12.6 Å². The summed E-state index contributed by atoms with van der Waals surface area (Å²) in [5.74, 6) is 0. The van der Waals surface area contributed by atoms with Crippen LogP contribution >= 0.6 is 11.6 Å².